The van der Waals surface area contributed by atoms with Crippen molar-refractivity contribution in [3.8, 4) is 0 Å². The Balaban J connectivity index is 2.14. The monoisotopic (exact) mass is 275 g/mol. The van der Waals surface area contributed by atoms with Gasteiger partial charge in [0.05, 0.1) is 11.2 Å². The Hall–Kier alpha value is -0.620. The minimum absolute atomic E-state index is 0.00593. The van der Waals surface area contributed by atoms with Gasteiger partial charge in [-0.1, -0.05) is 19.8 Å². The summed E-state index contributed by atoms with van der Waals surface area (Å²) in [4.78, 5) is 11.5. The summed E-state index contributed by atoms with van der Waals surface area (Å²) < 4.78 is 25.7. The molecule has 0 aromatic heterocycles. The standard InChI is InChI=1S/C12H21NO4S/c1-2-3-7-18(16,17)13-8-10-5-4-6-12(10,9-13)11(14)15/h10H,2-9H2,1H3,(H,14,15)/t10-,12+/m0/s1. The topological polar surface area (TPSA) is 74.7 Å². The van der Waals surface area contributed by atoms with Gasteiger partial charge >= 0.3 is 5.97 Å². The van der Waals surface area contributed by atoms with Gasteiger partial charge in [0, 0.05) is 13.1 Å². The summed E-state index contributed by atoms with van der Waals surface area (Å²) in [6, 6.07) is 0. The van der Waals surface area contributed by atoms with Crippen molar-refractivity contribution < 1.29 is 18.3 Å². The molecule has 1 heterocycles. The van der Waals surface area contributed by atoms with E-state index in [9.17, 15) is 18.3 Å². The maximum Gasteiger partial charge on any atom is 0.311 e. The van der Waals surface area contributed by atoms with Crippen molar-refractivity contribution in [2.24, 2.45) is 11.3 Å². The van der Waals surface area contributed by atoms with Gasteiger partial charge in [-0.05, 0) is 25.2 Å². The highest BCUT2D eigenvalue weighted by atomic mass is 32.2. The van der Waals surface area contributed by atoms with Crippen molar-refractivity contribution in [2.45, 2.75) is 39.0 Å². The zero-order chi connectivity index (χ0) is 13.4. The number of sulfonamides is 1. The van der Waals surface area contributed by atoms with Crippen molar-refractivity contribution in [3.63, 3.8) is 0 Å². The first-order chi connectivity index (χ1) is 8.42. The van der Waals surface area contributed by atoms with E-state index in [0.29, 0.717) is 19.4 Å². The first-order valence-corrected chi connectivity index (χ1v) is 8.24. The fourth-order valence-electron chi connectivity index (χ4n) is 3.26. The van der Waals surface area contributed by atoms with Gasteiger partial charge in [0.1, 0.15) is 0 Å². The molecule has 2 aliphatic rings. The van der Waals surface area contributed by atoms with Gasteiger partial charge in [-0.25, -0.2) is 12.7 Å². The van der Waals surface area contributed by atoms with E-state index in [1.807, 2.05) is 6.92 Å². The summed E-state index contributed by atoms with van der Waals surface area (Å²) >= 11 is 0. The molecule has 1 aliphatic heterocycles. The summed E-state index contributed by atoms with van der Waals surface area (Å²) in [5.74, 6) is -0.670. The van der Waals surface area contributed by atoms with Crippen LogP contribution in [0.3, 0.4) is 0 Å². The second-order valence-electron chi connectivity index (χ2n) is 5.51. The van der Waals surface area contributed by atoms with Crippen molar-refractivity contribution in [1.82, 2.24) is 4.31 Å². The highest BCUT2D eigenvalue weighted by Gasteiger charge is 2.56. The molecule has 104 valence electrons. The third-order valence-electron chi connectivity index (χ3n) is 4.41. The number of nitrogens with zero attached hydrogens (tertiary/aromatic N) is 1. The Kier molecular flexibility index (Phi) is 3.69. The SMILES string of the molecule is CCCCS(=O)(=O)N1C[C@@H]2CCC[C@@]2(C(=O)O)C1. The minimum atomic E-state index is -3.27. The van der Waals surface area contributed by atoms with Crippen LogP contribution in [0.15, 0.2) is 0 Å². The van der Waals surface area contributed by atoms with Crippen molar-refractivity contribution in [1.29, 1.82) is 0 Å². The highest BCUT2D eigenvalue weighted by molar-refractivity contribution is 7.89. The Morgan fingerprint density at radius 3 is 2.78 bits per heavy atom. The van der Waals surface area contributed by atoms with E-state index in [-0.39, 0.29) is 18.2 Å². The summed E-state index contributed by atoms with van der Waals surface area (Å²) in [5.41, 5.74) is -0.806. The zero-order valence-corrected chi connectivity index (χ0v) is 11.6. The maximum atomic E-state index is 12.1. The van der Waals surface area contributed by atoms with E-state index in [2.05, 4.69) is 0 Å². The van der Waals surface area contributed by atoms with Crippen LogP contribution in [0.25, 0.3) is 0 Å². The Morgan fingerprint density at radius 2 is 2.22 bits per heavy atom. The molecule has 0 radical (unpaired) electrons. The third kappa shape index (κ3) is 2.16. The molecular weight excluding hydrogens is 254 g/mol. The van der Waals surface area contributed by atoms with Crippen molar-refractivity contribution in [2.75, 3.05) is 18.8 Å². The molecule has 0 spiro atoms. The lowest BCUT2D eigenvalue weighted by molar-refractivity contribution is -0.149. The van der Waals surface area contributed by atoms with Crippen LogP contribution >= 0.6 is 0 Å². The molecule has 1 saturated heterocycles. The molecule has 1 saturated carbocycles. The van der Waals surface area contributed by atoms with E-state index in [1.165, 1.54) is 4.31 Å². The number of hydrogen-bond donors (Lipinski definition) is 1. The molecule has 0 aromatic rings. The Morgan fingerprint density at radius 1 is 1.50 bits per heavy atom. The number of rotatable bonds is 5. The predicted octanol–water partition coefficient (Wildman–Crippen LogP) is 1.30. The van der Waals surface area contributed by atoms with Gasteiger partial charge in [0.25, 0.3) is 0 Å². The molecule has 0 unspecified atom stereocenters. The average molecular weight is 275 g/mol. The van der Waals surface area contributed by atoms with Crippen LogP contribution in [-0.2, 0) is 14.8 Å². The smallest absolute Gasteiger partial charge is 0.311 e. The van der Waals surface area contributed by atoms with E-state index in [4.69, 9.17) is 0 Å². The average Bonchev–Trinajstić information content (AvgIpc) is 2.83. The van der Waals surface area contributed by atoms with Gasteiger partial charge in [-0.15, -0.1) is 0 Å². The van der Waals surface area contributed by atoms with Crippen molar-refractivity contribution in [3.05, 3.63) is 0 Å². The second kappa shape index (κ2) is 4.81. The van der Waals surface area contributed by atoms with Crippen LogP contribution in [0.5, 0.6) is 0 Å². The van der Waals surface area contributed by atoms with Gasteiger partial charge in [-0.2, -0.15) is 0 Å². The molecule has 6 heteroatoms. The number of hydrogen-bond acceptors (Lipinski definition) is 3. The first-order valence-electron chi connectivity index (χ1n) is 6.63. The molecule has 2 rings (SSSR count). The summed E-state index contributed by atoms with van der Waals surface area (Å²) in [6.07, 6.45) is 3.84. The van der Waals surface area contributed by atoms with Crippen LogP contribution in [0.4, 0.5) is 0 Å². The number of fused-ring (bicyclic) bond motifs is 1. The zero-order valence-electron chi connectivity index (χ0n) is 10.8. The molecule has 18 heavy (non-hydrogen) atoms. The summed E-state index contributed by atoms with van der Waals surface area (Å²) in [7, 11) is -3.27. The summed E-state index contributed by atoms with van der Waals surface area (Å²) in [6.45, 7) is 2.53. The molecule has 2 fully saturated rings. The van der Waals surface area contributed by atoms with Gasteiger partial charge in [-0.3, -0.25) is 4.79 Å². The number of carbonyl (C=O) groups is 1. The van der Waals surface area contributed by atoms with Gasteiger partial charge < -0.3 is 5.11 Å². The number of carboxylic acids is 1. The Bertz CT molecular complexity index is 433. The molecule has 1 aliphatic carbocycles. The van der Waals surface area contributed by atoms with Gasteiger partial charge in [0.15, 0.2) is 0 Å². The third-order valence-corrected chi connectivity index (χ3v) is 6.28. The Labute approximate surface area is 108 Å². The molecule has 0 bridgehead atoms. The van der Waals surface area contributed by atoms with E-state index in [0.717, 1.165) is 19.3 Å². The molecular formula is C12H21NO4S. The second-order valence-corrected chi connectivity index (χ2v) is 7.60. The van der Waals surface area contributed by atoms with Crippen LogP contribution < -0.4 is 0 Å². The quantitative estimate of drug-likeness (QED) is 0.820. The summed E-state index contributed by atoms with van der Waals surface area (Å²) in [5, 5.41) is 9.41. The maximum absolute atomic E-state index is 12.1. The number of aliphatic carboxylic acids is 1. The molecule has 0 amide bonds. The van der Waals surface area contributed by atoms with Crippen molar-refractivity contribution >= 4 is 16.0 Å². The van der Waals surface area contributed by atoms with Crippen LogP contribution in [0.1, 0.15) is 39.0 Å². The molecule has 5 nitrogen and oxygen atoms in total. The predicted molar refractivity (Wildman–Crippen MR) is 67.7 cm³/mol. The van der Waals surface area contributed by atoms with E-state index >= 15 is 0 Å². The van der Waals surface area contributed by atoms with E-state index < -0.39 is 21.4 Å². The normalized spacial score (nSPS) is 32.6. The lowest BCUT2D eigenvalue weighted by Gasteiger charge is -2.23. The number of unbranched alkanes of at least 4 members (excludes halogenated alkanes) is 1. The first kappa shape index (κ1) is 13.8. The fourth-order valence-corrected chi connectivity index (χ4v) is 5.01. The van der Waals surface area contributed by atoms with Crippen LogP contribution in [0.2, 0.25) is 0 Å². The minimum Gasteiger partial charge on any atom is -0.481 e. The lowest BCUT2D eigenvalue weighted by atomic mass is 9.81. The molecule has 2 atom stereocenters. The highest BCUT2D eigenvalue weighted by Crippen LogP contribution is 2.49. The molecule has 0 aromatic carbocycles. The largest absolute Gasteiger partial charge is 0.481 e. The van der Waals surface area contributed by atoms with Gasteiger partial charge in [0.2, 0.25) is 10.0 Å². The molecule has 1 N–H and O–H groups in total. The van der Waals surface area contributed by atoms with E-state index in [1.54, 1.807) is 0 Å². The fraction of sp³-hybridized carbons (Fsp3) is 0.917. The number of carboxylic acid groups (broad SMARTS) is 1. The van der Waals surface area contributed by atoms with Crippen LogP contribution in [0, 0.1) is 11.3 Å². The lowest BCUT2D eigenvalue weighted by Crippen LogP contribution is -2.37. The van der Waals surface area contributed by atoms with Crippen LogP contribution in [-0.4, -0.2) is 42.6 Å².